The van der Waals surface area contributed by atoms with Gasteiger partial charge >= 0.3 is 0 Å². The summed E-state index contributed by atoms with van der Waals surface area (Å²) in [6.45, 7) is 0. The highest BCUT2D eigenvalue weighted by atomic mass is 32.1. The van der Waals surface area contributed by atoms with E-state index in [4.69, 9.17) is 0 Å². The number of benzene rings is 4. The number of thiophene rings is 1. The highest BCUT2D eigenvalue weighted by Gasteiger charge is 2.13. The summed E-state index contributed by atoms with van der Waals surface area (Å²) in [5.41, 5.74) is 5.11. The molecular formula is C25H17NS. The Balaban J connectivity index is 1.70. The standard InChI is InChI=1S/C25H17NS/c1-26-22-13-17(16-7-3-2-4-8-16)11-12-18(22)20-14-21-19-9-5-6-10-24(19)27-25(21)15-23(20)26/h2-15H,1H3. The Kier molecular flexibility index (Phi) is 3.03. The van der Waals surface area contributed by atoms with Crippen LogP contribution in [0, 0.1) is 0 Å². The molecule has 6 rings (SSSR count). The van der Waals surface area contributed by atoms with E-state index >= 15 is 0 Å². The van der Waals surface area contributed by atoms with Crippen LogP contribution in [0.3, 0.4) is 0 Å². The molecule has 0 amide bonds. The van der Waals surface area contributed by atoms with E-state index in [-0.39, 0.29) is 0 Å². The van der Waals surface area contributed by atoms with Crippen molar-refractivity contribution in [1.82, 2.24) is 4.57 Å². The van der Waals surface area contributed by atoms with Crippen molar-refractivity contribution in [2.75, 3.05) is 0 Å². The van der Waals surface area contributed by atoms with E-state index in [0.29, 0.717) is 0 Å². The van der Waals surface area contributed by atoms with Crippen LogP contribution in [-0.2, 0) is 7.05 Å². The van der Waals surface area contributed by atoms with Crippen LogP contribution in [0.25, 0.3) is 53.1 Å². The van der Waals surface area contributed by atoms with Crippen molar-refractivity contribution in [3.8, 4) is 11.1 Å². The second-order valence-electron chi connectivity index (χ2n) is 7.12. The lowest BCUT2D eigenvalue weighted by Crippen LogP contribution is -1.87. The molecule has 2 aromatic heterocycles. The van der Waals surface area contributed by atoms with Gasteiger partial charge < -0.3 is 4.57 Å². The first kappa shape index (κ1) is 15.0. The van der Waals surface area contributed by atoms with Gasteiger partial charge in [0.1, 0.15) is 0 Å². The number of hydrogen-bond acceptors (Lipinski definition) is 1. The highest BCUT2D eigenvalue weighted by Crippen LogP contribution is 2.39. The van der Waals surface area contributed by atoms with E-state index in [2.05, 4.69) is 96.5 Å². The summed E-state index contributed by atoms with van der Waals surface area (Å²) >= 11 is 1.88. The van der Waals surface area contributed by atoms with Crippen LogP contribution in [0.5, 0.6) is 0 Å². The lowest BCUT2D eigenvalue weighted by molar-refractivity contribution is 1.02. The molecule has 0 N–H and O–H groups in total. The molecule has 0 fully saturated rings. The van der Waals surface area contributed by atoms with Crippen LogP contribution in [0.4, 0.5) is 0 Å². The summed E-state index contributed by atoms with van der Waals surface area (Å²) in [5.74, 6) is 0. The van der Waals surface area contributed by atoms with Crippen LogP contribution in [-0.4, -0.2) is 4.57 Å². The summed E-state index contributed by atoms with van der Waals surface area (Å²) in [6, 6.07) is 30.9. The average molecular weight is 363 g/mol. The second-order valence-corrected chi connectivity index (χ2v) is 8.20. The van der Waals surface area contributed by atoms with Crippen LogP contribution < -0.4 is 0 Å². The normalized spacial score (nSPS) is 11.9. The van der Waals surface area contributed by atoms with Crippen LogP contribution >= 0.6 is 11.3 Å². The van der Waals surface area contributed by atoms with Crippen molar-refractivity contribution in [2.24, 2.45) is 7.05 Å². The van der Waals surface area contributed by atoms with Gasteiger partial charge in [-0.2, -0.15) is 0 Å². The van der Waals surface area contributed by atoms with E-state index in [0.717, 1.165) is 0 Å². The molecule has 128 valence electrons. The Bertz CT molecular complexity index is 1470. The minimum Gasteiger partial charge on any atom is -0.344 e. The minimum atomic E-state index is 1.26. The molecule has 0 spiro atoms. The van der Waals surface area contributed by atoms with Gasteiger partial charge in [0, 0.05) is 43.5 Å². The number of nitrogens with zero attached hydrogens (tertiary/aromatic N) is 1. The van der Waals surface area contributed by atoms with E-state index in [9.17, 15) is 0 Å². The molecule has 0 aliphatic heterocycles. The van der Waals surface area contributed by atoms with E-state index in [1.165, 1.54) is 53.1 Å². The molecule has 0 radical (unpaired) electrons. The maximum Gasteiger partial charge on any atom is 0.0503 e. The summed E-state index contributed by atoms with van der Waals surface area (Å²) in [4.78, 5) is 0. The predicted molar refractivity (Wildman–Crippen MR) is 119 cm³/mol. The Morgan fingerprint density at radius 2 is 1.33 bits per heavy atom. The first-order valence-corrected chi connectivity index (χ1v) is 10.00. The lowest BCUT2D eigenvalue weighted by Gasteiger charge is -2.03. The van der Waals surface area contributed by atoms with E-state index in [1.54, 1.807) is 0 Å². The first-order valence-electron chi connectivity index (χ1n) is 9.18. The van der Waals surface area contributed by atoms with Crippen molar-refractivity contribution >= 4 is 53.3 Å². The maximum atomic E-state index is 2.38. The molecule has 2 heterocycles. The number of fused-ring (bicyclic) bond motifs is 6. The van der Waals surface area contributed by atoms with Gasteiger partial charge in [0.25, 0.3) is 0 Å². The van der Waals surface area contributed by atoms with E-state index in [1.807, 2.05) is 11.3 Å². The van der Waals surface area contributed by atoms with Crippen LogP contribution in [0.2, 0.25) is 0 Å². The summed E-state index contributed by atoms with van der Waals surface area (Å²) in [7, 11) is 2.18. The van der Waals surface area contributed by atoms with Gasteiger partial charge in [-0.15, -0.1) is 11.3 Å². The largest absolute Gasteiger partial charge is 0.344 e. The van der Waals surface area contributed by atoms with Crippen molar-refractivity contribution in [3.63, 3.8) is 0 Å². The molecule has 1 nitrogen and oxygen atoms in total. The van der Waals surface area contributed by atoms with Crippen molar-refractivity contribution in [3.05, 3.63) is 84.9 Å². The van der Waals surface area contributed by atoms with Crippen LogP contribution in [0.1, 0.15) is 0 Å². The molecular weight excluding hydrogens is 346 g/mol. The zero-order chi connectivity index (χ0) is 18.0. The molecule has 27 heavy (non-hydrogen) atoms. The molecule has 4 aromatic carbocycles. The predicted octanol–water partition coefficient (Wildman–Crippen LogP) is 7.37. The third-order valence-corrected chi connectivity index (χ3v) is 6.75. The average Bonchev–Trinajstić information content (AvgIpc) is 3.22. The molecule has 0 saturated heterocycles. The Morgan fingerprint density at radius 3 is 2.22 bits per heavy atom. The van der Waals surface area contributed by atoms with E-state index < -0.39 is 0 Å². The maximum absolute atomic E-state index is 2.38. The zero-order valence-electron chi connectivity index (χ0n) is 14.9. The van der Waals surface area contributed by atoms with Gasteiger partial charge in [-0.05, 0) is 35.4 Å². The molecule has 0 bridgehead atoms. The third-order valence-electron chi connectivity index (χ3n) is 5.61. The van der Waals surface area contributed by atoms with Crippen LogP contribution in [0.15, 0.2) is 84.9 Å². The zero-order valence-corrected chi connectivity index (χ0v) is 15.8. The number of hydrogen-bond donors (Lipinski definition) is 0. The third kappa shape index (κ3) is 2.11. The minimum absolute atomic E-state index is 1.26. The smallest absolute Gasteiger partial charge is 0.0503 e. The summed E-state index contributed by atoms with van der Waals surface area (Å²) in [6.07, 6.45) is 0. The second kappa shape index (κ2) is 5.45. The monoisotopic (exact) mass is 363 g/mol. The SMILES string of the molecule is Cn1c2cc(-c3ccccc3)ccc2c2cc3c(cc21)sc1ccccc13. The molecule has 6 aromatic rings. The molecule has 0 atom stereocenters. The number of rotatable bonds is 1. The fraction of sp³-hybridized carbons (Fsp3) is 0.0400. The molecule has 0 aliphatic carbocycles. The lowest BCUT2D eigenvalue weighted by atomic mass is 10.0. The van der Waals surface area contributed by atoms with Gasteiger partial charge in [0.15, 0.2) is 0 Å². The first-order chi connectivity index (χ1) is 13.3. The fourth-order valence-electron chi connectivity index (χ4n) is 4.23. The molecule has 0 unspecified atom stereocenters. The van der Waals surface area contributed by atoms with Gasteiger partial charge in [0.2, 0.25) is 0 Å². The Hall–Kier alpha value is -3.10. The van der Waals surface area contributed by atoms with Crippen molar-refractivity contribution < 1.29 is 0 Å². The van der Waals surface area contributed by atoms with Gasteiger partial charge in [-0.3, -0.25) is 0 Å². The number of aryl methyl sites for hydroxylation is 1. The van der Waals surface area contributed by atoms with Gasteiger partial charge in [0.05, 0.1) is 5.52 Å². The summed E-state index contributed by atoms with van der Waals surface area (Å²) in [5, 5.41) is 5.38. The van der Waals surface area contributed by atoms with Gasteiger partial charge in [-0.25, -0.2) is 0 Å². The highest BCUT2D eigenvalue weighted by molar-refractivity contribution is 7.25. The fourth-order valence-corrected chi connectivity index (χ4v) is 5.35. The van der Waals surface area contributed by atoms with Gasteiger partial charge in [-0.1, -0.05) is 60.7 Å². The molecule has 2 heteroatoms. The Morgan fingerprint density at radius 1 is 0.556 bits per heavy atom. The Labute approximate surface area is 161 Å². The molecule has 0 saturated carbocycles. The topological polar surface area (TPSA) is 4.93 Å². The summed E-state index contributed by atoms with van der Waals surface area (Å²) < 4.78 is 5.05. The van der Waals surface area contributed by atoms with Crippen molar-refractivity contribution in [1.29, 1.82) is 0 Å². The quantitative estimate of drug-likeness (QED) is 0.287. The molecule has 0 aliphatic rings. The van der Waals surface area contributed by atoms with Crippen molar-refractivity contribution in [2.45, 2.75) is 0 Å². The number of aromatic nitrogens is 1.